The molecule has 102 valence electrons. The molecule has 0 amide bonds. The lowest BCUT2D eigenvalue weighted by molar-refractivity contribution is 0.0182. The summed E-state index contributed by atoms with van der Waals surface area (Å²) in [5.41, 5.74) is 5.74. The zero-order valence-electron chi connectivity index (χ0n) is 11.5. The van der Waals surface area contributed by atoms with E-state index in [0.717, 1.165) is 32.2 Å². The van der Waals surface area contributed by atoms with Gasteiger partial charge in [0.1, 0.15) is 0 Å². The monoisotopic (exact) mass is 244 g/mol. The van der Waals surface area contributed by atoms with Crippen molar-refractivity contribution >= 4 is 0 Å². The fourth-order valence-electron chi connectivity index (χ4n) is 2.24. The second kappa shape index (κ2) is 8.03. The van der Waals surface area contributed by atoms with Crippen LogP contribution in [0, 0.1) is 5.92 Å². The van der Waals surface area contributed by atoms with Crippen LogP contribution in [0.1, 0.15) is 26.7 Å². The maximum Gasteiger partial charge on any atom is 0.0823 e. The van der Waals surface area contributed by atoms with Crippen molar-refractivity contribution in [1.29, 1.82) is 0 Å². The molecule has 0 aromatic rings. The molecule has 4 heteroatoms. The molecule has 0 saturated heterocycles. The van der Waals surface area contributed by atoms with Gasteiger partial charge in [0.25, 0.3) is 0 Å². The highest BCUT2D eigenvalue weighted by Gasteiger charge is 2.32. The summed E-state index contributed by atoms with van der Waals surface area (Å²) in [5, 5.41) is 0. The number of hydrogen-bond acceptors (Lipinski definition) is 4. The van der Waals surface area contributed by atoms with Crippen molar-refractivity contribution in [3.8, 4) is 0 Å². The number of ether oxygens (including phenoxy) is 2. The van der Waals surface area contributed by atoms with Crippen molar-refractivity contribution in [2.75, 3.05) is 40.0 Å². The third-order valence-corrected chi connectivity index (χ3v) is 3.57. The summed E-state index contributed by atoms with van der Waals surface area (Å²) < 4.78 is 10.8. The first-order chi connectivity index (χ1) is 8.22. The Hall–Kier alpha value is -0.160. The van der Waals surface area contributed by atoms with E-state index in [1.807, 2.05) is 6.92 Å². The Morgan fingerprint density at radius 3 is 2.59 bits per heavy atom. The van der Waals surface area contributed by atoms with E-state index in [1.54, 1.807) is 7.11 Å². The van der Waals surface area contributed by atoms with Crippen LogP contribution in [0.3, 0.4) is 0 Å². The van der Waals surface area contributed by atoms with Crippen LogP contribution in [0.15, 0.2) is 0 Å². The summed E-state index contributed by atoms with van der Waals surface area (Å²) in [6.45, 7) is 8.33. The van der Waals surface area contributed by atoms with Crippen LogP contribution in [0.4, 0.5) is 0 Å². The standard InChI is InChI=1S/C13H28N2O2/c1-4-17-13(9-14)10-15(7-8-16-3)11(2)12-5-6-12/h11-13H,4-10,14H2,1-3H3. The topological polar surface area (TPSA) is 47.7 Å². The van der Waals surface area contributed by atoms with E-state index in [4.69, 9.17) is 15.2 Å². The maximum absolute atomic E-state index is 5.74. The number of nitrogens with zero attached hydrogens (tertiary/aromatic N) is 1. The maximum atomic E-state index is 5.74. The average molecular weight is 244 g/mol. The van der Waals surface area contributed by atoms with Gasteiger partial charge in [0.15, 0.2) is 0 Å². The van der Waals surface area contributed by atoms with Crippen molar-refractivity contribution < 1.29 is 9.47 Å². The lowest BCUT2D eigenvalue weighted by Crippen LogP contribution is -2.45. The van der Waals surface area contributed by atoms with Gasteiger partial charge in [0.2, 0.25) is 0 Å². The van der Waals surface area contributed by atoms with Crippen molar-refractivity contribution in [2.45, 2.75) is 38.8 Å². The van der Waals surface area contributed by atoms with Crippen molar-refractivity contribution in [3.63, 3.8) is 0 Å². The SMILES string of the molecule is CCOC(CN)CN(CCOC)C(C)C1CC1. The molecule has 0 radical (unpaired) electrons. The van der Waals surface area contributed by atoms with Gasteiger partial charge in [-0.25, -0.2) is 0 Å². The van der Waals surface area contributed by atoms with Gasteiger partial charge in [-0.15, -0.1) is 0 Å². The molecule has 0 aromatic carbocycles. The van der Waals surface area contributed by atoms with Crippen LogP contribution in [0.25, 0.3) is 0 Å². The number of nitrogens with two attached hydrogens (primary N) is 1. The van der Waals surface area contributed by atoms with Crippen molar-refractivity contribution in [3.05, 3.63) is 0 Å². The van der Waals surface area contributed by atoms with E-state index in [1.165, 1.54) is 12.8 Å². The highest BCUT2D eigenvalue weighted by molar-refractivity contribution is 4.86. The zero-order valence-corrected chi connectivity index (χ0v) is 11.5. The number of methoxy groups -OCH3 is 1. The van der Waals surface area contributed by atoms with E-state index in [9.17, 15) is 0 Å². The second-order valence-electron chi connectivity index (χ2n) is 4.88. The summed E-state index contributed by atoms with van der Waals surface area (Å²) in [6, 6.07) is 0.625. The van der Waals surface area contributed by atoms with Crippen molar-refractivity contribution in [2.24, 2.45) is 11.7 Å². The fourth-order valence-corrected chi connectivity index (χ4v) is 2.24. The molecule has 0 heterocycles. The lowest BCUT2D eigenvalue weighted by atomic mass is 10.1. The molecule has 0 aromatic heterocycles. The van der Waals surface area contributed by atoms with Gasteiger partial charge < -0.3 is 15.2 Å². The Morgan fingerprint density at radius 2 is 2.12 bits per heavy atom. The Labute approximate surface area is 105 Å². The first-order valence-corrected chi connectivity index (χ1v) is 6.77. The van der Waals surface area contributed by atoms with Gasteiger partial charge in [-0.3, -0.25) is 4.90 Å². The smallest absolute Gasteiger partial charge is 0.0823 e. The Bertz CT molecular complexity index is 198. The van der Waals surface area contributed by atoms with E-state index in [0.29, 0.717) is 12.6 Å². The molecule has 1 saturated carbocycles. The average Bonchev–Trinajstić information content (AvgIpc) is 3.16. The van der Waals surface area contributed by atoms with E-state index in [2.05, 4.69) is 11.8 Å². The summed E-state index contributed by atoms with van der Waals surface area (Å²) in [6.07, 6.45) is 2.89. The van der Waals surface area contributed by atoms with E-state index < -0.39 is 0 Å². The minimum atomic E-state index is 0.151. The quantitative estimate of drug-likeness (QED) is 0.625. The Balaban J connectivity index is 2.42. The molecule has 2 N–H and O–H groups in total. The minimum absolute atomic E-state index is 0.151. The summed E-state index contributed by atoms with van der Waals surface area (Å²) in [4.78, 5) is 2.47. The molecule has 1 rings (SSSR count). The van der Waals surface area contributed by atoms with Crippen LogP contribution >= 0.6 is 0 Å². The zero-order chi connectivity index (χ0) is 12.7. The molecule has 2 unspecified atom stereocenters. The molecule has 4 nitrogen and oxygen atoms in total. The molecule has 1 aliphatic rings. The Kier molecular flexibility index (Phi) is 7.04. The fraction of sp³-hybridized carbons (Fsp3) is 1.00. The van der Waals surface area contributed by atoms with Crippen LogP contribution < -0.4 is 5.73 Å². The molecule has 1 fully saturated rings. The summed E-state index contributed by atoms with van der Waals surface area (Å²) in [7, 11) is 1.75. The molecular formula is C13H28N2O2. The van der Waals surface area contributed by atoms with Gasteiger partial charge in [0.05, 0.1) is 12.7 Å². The van der Waals surface area contributed by atoms with Crippen molar-refractivity contribution in [1.82, 2.24) is 4.90 Å². The van der Waals surface area contributed by atoms with Gasteiger partial charge in [0, 0.05) is 39.4 Å². The van der Waals surface area contributed by atoms with Crippen LogP contribution in [-0.4, -0.2) is 57.0 Å². The van der Waals surface area contributed by atoms with Gasteiger partial charge >= 0.3 is 0 Å². The van der Waals surface area contributed by atoms with Crippen LogP contribution in [0.5, 0.6) is 0 Å². The summed E-state index contributed by atoms with van der Waals surface area (Å²) >= 11 is 0. The molecule has 0 bridgehead atoms. The van der Waals surface area contributed by atoms with Gasteiger partial charge in [-0.2, -0.15) is 0 Å². The van der Waals surface area contributed by atoms with Gasteiger partial charge in [-0.05, 0) is 32.6 Å². The van der Waals surface area contributed by atoms with E-state index in [-0.39, 0.29) is 6.10 Å². The van der Waals surface area contributed by atoms with Crippen LogP contribution in [0.2, 0.25) is 0 Å². The molecule has 17 heavy (non-hydrogen) atoms. The number of rotatable bonds is 10. The first kappa shape index (κ1) is 14.9. The largest absolute Gasteiger partial charge is 0.383 e. The summed E-state index contributed by atoms with van der Waals surface area (Å²) in [5.74, 6) is 0.868. The first-order valence-electron chi connectivity index (χ1n) is 6.77. The normalized spacial score (nSPS) is 19.6. The third-order valence-electron chi connectivity index (χ3n) is 3.57. The molecular weight excluding hydrogens is 216 g/mol. The molecule has 0 aliphatic heterocycles. The molecule has 0 spiro atoms. The predicted octanol–water partition coefficient (Wildman–Crippen LogP) is 1.10. The second-order valence-corrected chi connectivity index (χ2v) is 4.88. The van der Waals surface area contributed by atoms with Gasteiger partial charge in [-0.1, -0.05) is 0 Å². The predicted molar refractivity (Wildman–Crippen MR) is 70.1 cm³/mol. The van der Waals surface area contributed by atoms with Crippen LogP contribution in [-0.2, 0) is 9.47 Å². The van der Waals surface area contributed by atoms with E-state index >= 15 is 0 Å². The minimum Gasteiger partial charge on any atom is -0.383 e. The number of hydrogen-bond donors (Lipinski definition) is 1. The lowest BCUT2D eigenvalue weighted by Gasteiger charge is -2.32. The molecule has 2 atom stereocenters. The molecule has 1 aliphatic carbocycles. The third kappa shape index (κ3) is 5.34. The highest BCUT2D eigenvalue weighted by Crippen LogP contribution is 2.35. The Morgan fingerprint density at radius 1 is 1.41 bits per heavy atom. The highest BCUT2D eigenvalue weighted by atomic mass is 16.5.